The summed E-state index contributed by atoms with van der Waals surface area (Å²) in [7, 11) is 0. The van der Waals surface area contributed by atoms with Crippen molar-refractivity contribution >= 4 is 5.69 Å². The number of hydrogen-bond acceptors (Lipinski definition) is 3. The van der Waals surface area contributed by atoms with Crippen molar-refractivity contribution < 1.29 is 0 Å². The molecule has 3 heteroatoms. The van der Waals surface area contributed by atoms with Gasteiger partial charge in [0.1, 0.15) is 0 Å². The number of hydrogen-bond donors (Lipinski definition) is 2. The Morgan fingerprint density at radius 2 is 2.33 bits per heavy atom. The fourth-order valence-electron chi connectivity index (χ4n) is 0.995. The fraction of sp³-hybridized carbons (Fsp3) is 0.222. The Kier molecular flexibility index (Phi) is 2.82. The predicted octanol–water partition coefficient (Wildman–Crippen LogP) is 1.24. The smallest absolute Gasteiger partial charge is 0.0503 e. The molecule has 1 atom stereocenters. The number of pyridine rings is 1. The zero-order valence-corrected chi connectivity index (χ0v) is 6.90. The Morgan fingerprint density at radius 1 is 1.58 bits per heavy atom. The molecule has 0 saturated heterocycles. The molecule has 0 bridgehead atoms. The number of nitrogen functional groups attached to an aromatic ring is 1. The number of nitrogens with zero attached hydrogens (tertiary/aromatic N) is 1. The second kappa shape index (κ2) is 3.88. The van der Waals surface area contributed by atoms with Crippen molar-refractivity contribution in [2.45, 2.75) is 12.5 Å². The lowest BCUT2D eigenvalue weighted by Gasteiger charge is -2.08. The highest BCUT2D eigenvalue weighted by atomic mass is 14.7. The van der Waals surface area contributed by atoms with E-state index in [1.165, 1.54) is 0 Å². The molecule has 0 radical (unpaired) electrons. The van der Waals surface area contributed by atoms with Crippen molar-refractivity contribution in [1.29, 1.82) is 0 Å². The zero-order chi connectivity index (χ0) is 8.97. The molecule has 3 nitrogen and oxygen atoms in total. The van der Waals surface area contributed by atoms with Crippen LogP contribution in [-0.4, -0.2) is 4.98 Å². The van der Waals surface area contributed by atoms with Gasteiger partial charge in [0.2, 0.25) is 0 Å². The van der Waals surface area contributed by atoms with E-state index in [9.17, 15) is 0 Å². The number of aromatic nitrogens is 1. The molecule has 1 unspecified atom stereocenters. The van der Waals surface area contributed by atoms with Gasteiger partial charge in [-0.25, -0.2) is 0 Å². The van der Waals surface area contributed by atoms with E-state index < -0.39 is 0 Å². The molecular weight excluding hydrogens is 150 g/mol. The maximum absolute atomic E-state index is 5.81. The van der Waals surface area contributed by atoms with Gasteiger partial charge in [0.25, 0.3) is 0 Å². The Labute approximate surface area is 72.1 Å². The molecule has 0 spiro atoms. The maximum atomic E-state index is 5.81. The van der Waals surface area contributed by atoms with E-state index in [4.69, 9.17) is 11.5 Å². The number of nitrogens with two attached hydrogens (primary N) is 2. The van der Waals surface area contributed by atoms with Gasteiger partial charge in [0.05, 0.1) is 5.69 Å². The van der Waals surface area contributed by atoms with Crippen molar-refractivity contribution in [3.63, 3.8) is 0 Å². The average molecular weight is 163 g/mol. The van der Waals surface area contributed by atoms with Crippen LogP contribution in [0, 0.1) is 0 Å². The molecule has 0 saturated carbocycles. The molecule has 1 aromatic rings. The van der Waals surface area contributed by atoms with E-state index in [0.717, 1.165) is 12.0 Å². The van der Waals surface area contributed by atoms with E-state index in [-0.39, 0.29) is 6.04 Å². The lowest BCUT2D eigenvalue weighted by Crippen LogP contribution is -2.09. The Balaban J connectivity index is 2.80. The van der Waals surface area contributed by atoms with Gasteiger partial charge in [-0.3, -0.25) is 4.98 Å². The summed E-state index contributed by atoms with van der Waals surface area (Å²) in [6.45, 7) is 3.62. The summed E-state index contributed by atoms with van der Waals surface area (Å²) in [6.07, 6.45) is 5.85. The standard InChI is InChI=1S/C9H13N3/c1-2-3-9(11)7-4-8(10)6-12-5-7/h2,4-6,9H,1,3,10-11H2. The lowest BCUT2D eigenvalue weighted by atomic mass is 10.1. The largest absolute Gasteiger partial charge is 0.397 e. The van der Waals surface area contributed by atoms with Crippen molar-refractivity contribution in [3.05, 3.63) is 36.7 Å². The summed E-state index contributed by atoms with van der Waals surface area (Å²) in [4.78, 5) is 3.95. The molecule has 1 rings (SSSR count). The maximum Gasteiger partial charge on any atom is 0.0503 e. The van der Waals surface area contributed by atoms with Crippen LogP contribution in [0.2, 0.25) is 0 Å². The summed E-state index contributed by atoms with van der Waals surface area (Å²) in [5.74, 6) is 0. The van der Waals surface area contributed by atoms with Crippen LogP contribution in [0.4, 0.5) is 5.69 Å². The molecule has 1 heterocycles. The van der Waals surface area contributed by atoms with E-state index in [2.05, 4.69) is 11.6 Å². The zero-order valence-electron chi connectivity index (χ0n) is 6.90. The van der Waals surface area contributed by atoms with Gasteiger partial charge >= 0.3 is 0 Å². The third-order valence-electron chi connectivity index (χ3n) is 1.63. The quantitative estimate of drug-likeness (QED) is 0.659. The Bertz CT molecular complexity index is 270. The van der Waals surface area contributed by atoms with Crippen LogP contribution >= 0.6 is 0 Å². The van der Waals surface area contributed by atoms with Gasteiger partial charge in [0.15, 0.2) is 0 Å². The van der Waals surface area contributed by atoms with Crippen LogP contribution in [0.25, 0.3) is 0 Å². The minimum Gasteiger partial charge on any atom is -0.397 e. The van der Waals surface area contributed by atoms with Gasteiger partial charge in [0, 0.05) is 18.4 Å². The number of rotatable bonds is 3. The summed E-state index contributed by atoms with van der Waals surface area (Å²) < 4.78 is 0. The highest BCUT2D eigenvalue weighted by Crippen LogP contribution is 2.14. The molecule has 4 N–H and O–H groups in total. The Hall–Kier alpha value is -1.35. The molecule has 0 fully saturated rings. The number of anilines is 1. The molecule has 12 heavy (non-hydrogen) atoms. The van der Waals surface area contributed by atoms with E-state index in [0.29, 0.717) is 5.69 Å². The normalized spacial score (nSPS) is 12.4. The van der Waals surface area contributed by atoms with Crippen molar-refractivity contribution in [1.82, 2.24) is 4.98 Å². The summed E-state index contributed by atoms with van der Waals surface area (Å²) in [5, 5.41) is 0. The van der Waals surface area contributed by atoms with Crippen LogP contribution < -0.4 is 11.5 Å². The van der Waals surface area contributed by atoms with Gasteiger partial charge in [-0.05, 0) is 18.1 Å². The predicted molar refractivity (Wildman–Crippen MR) is 50.4 cm³/mol. The first-order valence-corrected chi connectivity index (χ1v) is 3.81. The first-order valence-electron chi connectivity index (χ1n) is 3.81. The third kappa shape index (κ3) is 2.07. The van der Waals surface area contributed by atoms with E-state index >= 15 is 0 Å². The molecule has 1 aromatic heterocycles. The second-order valence-corrected chi connectivity index (χ2v) is 2.68. The van der Waals surface area contributed by atoms with Crippen molar-refractivity contribution in [2.24, 2.45) is 5.73 Å². The topological polar surface area (TPSA) is 64.9 Å². The van der Waals surface area contributed by atoms with Crippen LogP contribution in [0.3, 0.4) is 0 Å². The minimum atomic E-state index is -0.0431. The van der Waals surface area contributed by atoms with Crippen LogP contribution in [0.1, 0.15) is 18.0 Å². The average Bonchev–Trinajstić information content (AvgIpc) is 2.05. The van der Waals surface area contributed by atoms with E-state index in [1.807, 2.05) is 6.07 Å². The van der Waals surface area contributed by atoms with Crippen molar-refractivity contribution in [2.75, 3.05) is 5.73 Å². The highest BCUT2D eigenvalue weighted by molar-refractivity contribution is 5.38. The third-order valence-corrected chi connectivity index (χ3v) is 1.63. The molecular formula is C9H13N3. The van der Waals surface area contributed by atoms with Gasteiger partial charge in [-0.1, -0.05) is 6.08 Å². The first kappa shape index (κ1) is 8.74. The summed E-state index contributed by atoms with van der Waals surface area (Å²) in [6, 6.07) is 1.79. The van der Waals surface area contributed by atoms with Gasteiger partial charge < -0.3 is 11.5 Å². The minimum absolute atomic E-state index is 0.0431. The van der Waals surface area contributed by atoms with Gasteiger partial charge in [-0.2, -0.15) is 0 Å². The van der Waals surface area contributed by atoms with Crippen LogP contribution in [0.15, 0.2) is 31.1 Å². The highest BCUT2D eigenvalue weighted by Gasteiger charge is 2.03. The second-order valence-electron chi connectivity index (χ2n) is 2.68. The molecule has 0 aliphatic rings. The SMILES string of the molecule is C=CCC(N)c1cncc(N)c1. The van der Waals surface area contributed by atoms with Crippen LogP contribution in [0.5, 0.6) is 0 Å². The van der Waals surface area contributed by atoms with E-state index in [1.54, 1.807) is 18.5 Å². The fourth-order valence-corrected chi connectivity index (χ4v) is 0.995. The Morgan fingerprint density at radius 3 is 2.92 bits per heavy atom. The van der Waals surface area contributed by atoms with Gasteiger partial charge in [-0.15, -0.1) is 6.58 Å². The first-order chi connectivity index (χ1) is 5.74. The molecule has 0 aliphatic carbocycles. The lowest BCUT2D eigenvalue weighted by molar-refractivity contribution is 0.738. The summed E-state index contributed by atoms with van der Waals surface area (Å²) in [5.41, 5.74) is 13.0. The molecule has 0 aromatic carbocycles. The van der Waals surface area contributed by atoms with Crippen molar-refractivity contribution in [3.8, 4) is 0 Å². The molecule has 0 amide bonds. The monoisotopic (exact) mass is 163 g/mol. The van der Waals surface area contributed by atoms with Crippen LogP contribution in [-0.2, 0) is 0 Å². The molecule has 64 valence electrons. The summed E-state index contributed by atoms with van der Waals surface area (Å²) >= 11 is 0. The molecule has 0 aliphatic heterocycles.